The zero-order valence-corrected chi connectivity index (χ0v) is 16.8. The Bertz CT molecular complexity index is 843. The number of carbonyl (C=O) groups is 2. The van der Waals surface area contributed by atoms with Crippen molar-refractivity contribution in [3.8, 4) is 0 Å². The lowest BCUT2D eigenvalue weighted by Crippen LogP contribution is -2.42. The van der Waals surface area contributed by atoms with Crippen molar-refractivity contribution < 1.29 is 9.59 Å². The van der Waals surface area contributed by atoms with Crippen LogP contribution < -0.4 is 0 Å². The van der Waals surface area contributed by atoms with E-state index in [9.17, 15) is 9.59 Å². The second-order valence-electron chi connectivity index (χ2n) is 7.17. The molecule has 0 N–H and O–H groups in total. The predicted octanol–water partition coefficient (Wildman–Crippen LogP) is 4.25. The van der Waals surface area contributed by atoms with E-state index in [4.69, 9.17) is 11.6 Å². The first kappa shape index (κ1) is 20.2. The maximum atomic E-state index is 12.8. The van der Waals surface area contributed by atoms with Crippen molar-refractivity contribution in [3.05, 3.63) is 76.8 Å². The molecule has 0 saturated carbocycles. The molecule has 0 radical (unpaired) electrons. The van der Waals surface area contributed by atoms with Crippen LogP contribution in [-0.2, 0) is 16.1 Å². The molecule has 0 atom stereocenters. The standard InChI is InChI=1S/C23H25ClN2O2/c1-25(17-19-8-5-9-21(24)16-19)23(28)20-12-14-26(15-13-20)22(27)11-10-18-6-3-2-4-7-18/h2-11,16,20H,12-15,17H2,1H3/b11-10+. The van der Waals surface area contributed by atoms with Gasteiger partial charge in [0.1, 0.15) is 0 Å². The van der Waals surface area contributed by atoms with Gasteiger partial charge in [0.05, 0.1) is 0 Å². The Morgan fingerprint density at radius 2 is 1.82 bits per heavy atom. The van der Waals surface area contributed by atoms with Gasteiger partial charge in [-0.1, -0.05) is 54.1 Å². The van der Waals surface area contributed by atoms with Gasteiger partial charge in [0.2, 0.25) is 11.8 Å². The highest BCUT2D eigenvalue weighted by molar-refractivity contribution is 6.30. The molecule has 3 rings (SSSR count). The highest BCUT2D eigenvalue weighted by Crippen LogP contribution is 2.21. The van der Waals surface area contributed by atoms with E-state index in [0.29, 0.717) is 37.5 Å². The summed E-state index contributed by atoms with van der Waals surface area (Å²) < 4.78 is 0. The highest BCUT2D eigenvalue weighted by atomic mass is 35.5. The maximum Gasteiger partial charge on any atom is 0.246 e. The largest absolute Gasteiger partial charge is 0.341 e. The Labute approximate surface area is 171 Å². The molecule has 0 bridgehead atoms. The number of amides is 2. The summed E-state index contributed by atoms with van der Waals surface area (Å²) in [5.41, 5.74) is 2.02. The van der Waals surface area contributed by atoms with Gasteiger partial charge in [-0.05, 0) is 42.2 Å². The number of rotatable bonds is 5. The van der Waals surface area contributed by atoms with Gasteiger partial charge in [-0.2, -0.15) is 0 Å². The predicted molar refractivity (Wildman–Crippen MR) is 113 cm³/mol. The topological polar surface area (TPSA) is 40.6 Å². The molecule has 2 aromatic rings. The number of piperidine rings is 1. The second-order valence-corrected chi connectivity index (χ2v) is 7.60. The van der Waals surface area contributed by atoms with E-state index in [2.05, 4.69) is 0 Å². The Hall–Kier alpha value is -2.59. The number of benzene rings is 2. The Kier molecular flexibility index (Phi) is 6.88. The van der Waals surface area contributed by atoms with E-state index in [1.807, 2.05) is 72.6 Å². The van der Waals surface area contributed by atoms with Gasteiger partial charge in [-0.15, -0.1) is 0 Å². The normalized spacial score (nSPS) is 15.0. The molecule has 2 aromatic carbocycles. The van der Waals surface area contributed by atoms with Gasteiger partial charge in [-0.25, -0.2) is 0 Å². The first-order valence-electron chi connectivity index (χ1n) is 9.54. The van der Waals surface area contributed by atoms with E-state index in [-0.39, 0.29) is 17.7 Å². The molecule has 0 aliphatic carbocycles. The third-order valence-corrected chi connectivity index (χ3v) is 5.29. The average Bonchev–Trinajstić information content (AvgIpc) is 2.72. The number of likely N-dealkylation sites (tertiary alicyclic amines) is 1. The van der Waals surface area contributed by atoms with Crippen LogP contribution in [0.2, 0.25) is 5.02 Å². The van der Waals surface area contributed by atoms with Crippen molar-refractivity contribution in [1.82, 2.24) is 9.80 Å². The van der Waals surface area contributed by atoms with Crippen molar-refractivity contribution >= 4 is 29.5 Å². The number of nitrogens with zero attached hydrogens (tertiary/aromatic N) is 2. The summed E-state index contributed by atoms with van der Waals surface area (Å²) in [6, 6.07) is 17.3. The van der Waals surface area contributed by atoms with Crippen molar-refractivity contribution in [2.45, 2.75) is 19.4 Å². The lowest BCUT2D eigenvalue weighted by Gasteiger charge is -2.32. The van der Waals surface area contributed by atoms with Crippen molar-refractivity contribution in [2.75, 3.05) is 20.1 Å². The first-order valence-corrected chi connectivity index (χ1v) is 9.92. The lowest BCUT2D eigenvalue weighted by molar-refractivity contribution is -0.138. The van der Waals surface area contributed by atoms with Gasteiger partial charge in [-0.3, -0.25) is 9.59 Å². The van der Waals surface area contributed by atoms with Gasteiger partial charge in [0.25, 0.3) is 0 Å². The monoisotopic (exact) mass is 396 g/mol. The van der Waals surface area contributed by atoms with Crippen LogP contribution in [0, 0.1) is 5.92 Å². The van der Waals surface area contributed by atoms with Crippen LogP contribution in [0.25, 0.3) is 6.08 Å². The van der Waals surface area contributed by atoms with Gasteiger partial charge < -0.3 is 9.80 Å². The molecule has 0 unspecified atom stereocenters. The first-order chi connectivity index (χ1) is 13.5. The van der Waals surface area contributed by atoms with Crippen molar-refractivity contribution in [1.29, 1.82) is 0 Å². The fourth-order valence-electron chi connectivity index (χ4n) is 3.48. The Morgan fingerprint density at radius 1 is 1.11 bits per heavy atom. The van der Waals surface area contributed by atoms with Gasteiger partial charge in [0, 0.05) is 43.7 Å². The molecule has 0 spiro atoms. The molecule has 0 aromatic heterocycles. The second kappa shape index (κ2) is 9.56. The molecule has 28 heavy (non-hydrogen) atoms. The summed E-state index contributed by atoms with van der Waals surface area (Å²) in [7, 11) is 1.82. The SMILES string of the molecule is CN(Cc1cccc(Cl)c1)C(=O)C1CCN(C(=O)/C=C/c2ccccc2)CC1. The van der Waals surface area contributed by atoms with Crippen molar-refractivity contribution in [3.63, 3.8) is 0 Å². The zero-order valence-electron chi connectivity index (χ0n) is 16.1. The van der Waals surface area contributed by atoms with Crippen LogP contribution in [0.1, 0.15) is 24.0 Å². The summed E-state index contributed by atoms with van der Waals surface area (Å²) in [5.74, 6) is 0.0975. The smallest absolute Gasteiger partial charge is 0.246 e. The van der Waals surface area contributed by atoms with E-state index >= 15 is 0 Å². The summed E-state index contributed by atoms with van der Waals surface area (Å²) in [5, 5.41) is 0.675. The van der Waals surface area contributed by atoms with Crippen molar-refractivity contribution in [2.24, 2.45) is 5.92 Å². The molecule has 1 fully saturated rings. The van der Waals surface area contributed by atoms with E-state index in [1.165, 1.54) is 0 Å². The molecular weight excluding hydrogens is 372 g/mol. The average molecular weight is 397 g/mol. The summed E-state index contributed by atoms with van der Waals surface area (Å²) in [6.07, 6.45) is 4.84. The third-order valence-electron chi connectivity index (χ3n) is 5.06. The zero-order chi connectivity index (χ0) is 19.9. The molecule has 2 amide bonds. The minimum atomic E-state index is -0.0358. The van der Waals surface area contributed by atoms with Crippen LogP contribution in [-0.4, -0.2) is 41.8 Å². The molecule has 1 aliphatic heterocycles. The highest BCUT2D eigenvalue weighted by Gasteiger charge is 2.28. The van der Waals surface area contributed by atoms with Crippen LogP contribution in [0.5, 0.6) is 0 Å². The van der Waals surface area contributed by atoms with Crippen LogP contribution >= 0.6 is 11.6 Å². The summed E-state index contributed by atoms with van der Waals surface area (Å²) in [4.78, 5) is 28.7. The fourth-order valence-corrected chi connectivity index (χ4v) is 3.70. The quantitative estimate of drug-likeness (QED) is 0.709. The minimum absolute atomic E-state index is 0.00188. The Balaban J connectivity index is 1.49. The third kappa shape index (κ3) is 5.46. The lowest BCUT2D eigenvalue weighted by atomic mass is 9.95. The van der Waals surface area contributed by atoms with Gasteiger partial charge >= 0.3 is 0 Å². The number of hydrogen-bond donors (Lipinski definition) is 0. The van der Waals surface area contributed by atoms with Gasteiger partial charge in [0.15, 0.2) is 0 Å². The number of carbonyl (C=O) groups excluding carboxylic acids is 2. The number of hydrogen-bond acceptors (Lipinski definition) is 2. The van der Waals surface area contributed by atoms with E-state index in [1.54, 1.807) is 11.0 Å². The molecule has 1 heterocycles. The van der Waals surface area contributed by atoms with Crippen LogP contribution in [0.3, 0.4) is 0 Å². The fraction of sp³-hybridized carbons (Fsp3) is 0.304. The van der Waals surface area contributed by atoms with Crippen LogP contribution in [0.15, 0.2) is 60.7 Å². The Morgan fingerprint density at radius 3 is 2.50 bits per heavy atom. The maximum absolute atomic E-state index is 12.8. The van der Waals surface area contributed by atoms with E-state index in [0.717, 1.165) is 11.1 Å². The molecule has 4 nitrogen and oxygen atoms in total. The summed E-state index contributed by atoms with van der Waals surface area (Å²) in [6.45, 7) is 1.76. The molecule has 1 aliphatic rings. The van der Waals surface area contributed by atoms with Crippen LogP contribution in [0.4, 0.5) is 0 Å². The molecule has 146 valence electrons. The molecule has 1 saturated heterocycles. The summed E-state index contributed by atoms with van der Waals surface area (Å²) >= 11 is 6.02. The molecule has 5 heteroatoms. The molecular formula is C23H25ClN2O2. The van der Waals surface area contributed by atoms with E-state index < -0.39 is 0 Å². The number of halogens is 1. The minimum Gasteiger partial charge on any atom is -0.341 e.